The van der Waals surface area contributed by atoms with Crippen LogP contribution < -0.4 is 5.56 Å². The molecule has 0 saturated carbocycles. The number of H-pyrrole nitrogens is 1. The van der Waals surface area contributed by atoms with Crippen molar-refractivity contribution in [3.63, 3.8) is 0 Å². The van der Waals surface area contributed by atoms with Gasteiger partial charge in [0.1, 0.15) is 5.82 Å². The molecule has 2 aromatic carbocycles. The van der Waals surface area contributed by atoms with Gasteiger partial charge in [-0.2, -0.15) is 0 Å². The number of halogens is 1. The molecule has 0 fully saturated rings. The smallest absolute Gasteiger partial charge is 0.248 e. The van der Waals surface area contributed by atoms with Crippen LogP contribution in [0.25, 0.3) is 22.0 Å². The van der Waals surface area contributed by atoms with E-state index in [1.165, 1.54) is 12.1 Å². The van der Waals surface area contributed by atoms with Gasteiger partial charge < -0.3 is 4.98 Å². The molecular weight excluding hydrogens is 241 g/mol. The van der Waals surface area contributed by atoms with Crippen LogP contribution in [0.3, 0.4) is 0 Å². The van der Waals surface area contributed by atoms with E-state index in [4.69, 9.17) is 0 Å². The number of hydrogen-bond donors (Lipinski definition) is 1. The lowest BCUT2D eigenvalue weighted by Crippen LogP contribution is -2.03. The van der Waals surface area contributed by atoms with E-state index >= 15 is 0 Å². The predicted octanol–water partition coefficient (Wildman–Crippen LogP) is 3.64. The Morgan fingerprint density at radius 2 is 1.74 bits per heavy atom. The third kappa shape index (κ3) is 1.93. The second kappa shape index (κ2) is 4.35. The number of nitrogens with one attached hydrogen (secondary N) is 1. The molecule has 0 bridgehead atoms. The summed E-state index contributed by atoms with van der Waals surface area (Å²) in [4.78, 5) is 13.9. The fourth-order valence-electron chi connectivity index (χ4n) is 2.28. The van der Waals surface area contributed by atoms with Crippen LogP contribution in [0.1, 0.15) is 5.56 Å². The molecule has 3 rings (SSSR count). The Hall–Kier alpha value is -2.42. The summed E-state index contributed by atoms with van der Waals surface area (Å²) in [6.45, 7) is 1.95. The van der Waals surface area contributed by atoms with E-state index in [9.17, 15) is 9.18 Å². The lowest BCUT2D eigenvalue weighted by Gasteiger charge is -2.09. The number of pyridine rings is 1. The van der Waals surface area contributed by atoms with E-state index in [0.717, 1.165) is 11.1 Å². The van der Waals surface area contributed by atoms with E-state index in [-0.39, 0.29) is 11.4 Å². The normalized spacial score (nSPS) is 10.8. The number of aromatic nitrogens is 1. The lowest BCUT2D eigenvalue weighted by atomic mass is 9.98. The standard InChI is InChI=1S/C16H12FNO/c1-10-4-2-3-5-11(10)12-6-8-14-13(16(12)17)7-9-15(19)18-14/h2-9H,1H3,(H,18,19). The Labute approximate surface area is 109 Å². The first kappa shape index (κ1) is 11.7. The monoisotopic (exact) mass is 253 g/mol. The topological polar surface area (TPSA) is 32.9 Å². The number of rotatable bonds is 1. The fraction of sp³-hybridized carbons (Fsp3) is 0.0625. The first-order valence-corrected chi connectivity index (χ1v) is 6.04. The van der Waals surface area contributed by atoms with Crippen molar-refractivity contribution in [2.75, 3.05) is 0 Å². The molecule has 3 heteroatoms. The quantitative estimate of drug-likeness (QED) is 0.705. The maximum absolute atomic E-state index is 14.5. The number of benzene rings is 2. The molecule has 1 aromatic heterocycles. The minimum Gasteiger partial charge on any atom is -0.322 e. The average molecular weight is 253 g/mol. The molecule has 0 unspecified atom stereocenters. The van der Waals surface area contributed by atoms with Crippen molar-refractivity contribution in [2.45, 2.75) is 6.92 Å². The maximum Gasteiger partial charge on any atom is 0.248 e. The summed E-state index contributed by atoms with van der Waals surface area (Å²) in [5.74, 6) is -0.303. The van der Waals surface area contributed by atoms with E-state index < -0.39 is 0 Å². The number of fused-ring (bicyclic) bond motifs is 1. The number of aromatic amines is 1. The van der Waals surface area contributed by atoms with Crippen molar-refractivity contribution < 1.29 is 4.39 Å². The summed E-state index contributed by atoms with van der Waals surface area (Å²) in [6.07, 6.45) is 0. The second-order valence-electron chi connectivity index (χ2n) is 4.53. The third-order valence-electron chi connectivity index (χ3n) is 3.27. The van der Waals surface area contributed by atoms with Gasteiger partial charge in [-0.1, -0.05) is 24.3 Å². The van der Waals surface area contributed by atoms with Crippen LogP contribution in [0, 0.1) is 12.7 Å². The Morgan fingerprint density at radius 3 is 2.53 bits per heavy atom. The molecule has 19 heavy (non-hydrogen) atoms. The van der Waals surface area contributed by atoms with Crippen molar-refractivity contribution in [2.24, 2.45) is 0 Å². The molecule has 0 amide bonds. The van der Waals surface area contributed by atoms with Crippen LogP contribution in [-0.4, -0.2) is 4.98 Å². The van der Waals surface area contributed by atoms with E-state index in [0.29, 0.717) is 16.5 Å². The van der Waals surface area contributed by atoms with Crippen LogP contribution in [0.5, 0.6) is 0 Å². The zero-order valence-corrected chi connectivity index (χ0v) is 10.4. The predicted molar refractivity (Wildman–Crippen MR) is 74.7 cm³/mol. The van der Waals surface area contributed by atoms with Gasteiger partial charge in [0.15, 0.2) is 0 Å². The molecule has 0 aliphatic heterocycles. The Bertz CT molecular complexity index is 820. The van der Waals surface area contributed by atoms with Gasteiger partial charge >= 0.3 is 0 Å². The Balaban J connectivity index is 2.32. The molecule has 94 valence electrons. The van der Waals surface area contributed by atoms with Crippen molar-refractivity contribution >= 4 is 10.9 Å². The van der Waals surface area contributed by atoms with Gasteiger partial charge in [-0.15, -0.1) is 0 Å². The van der Waals surface area contributed by atoms with Crippen molar-refractivity contribution in [1.82, 2.24) is 4.98 Å². The van der Waals surface area contributed by atoms with Crippen LogP contribution in [-0.2, 0) is 0 Å². The number of hydrogen-bond acceptors (Lipinski definition) is 1. The maximum atomic E-state index is 14.5. The Morgan fingerprint density at radius 1 is 0.947 bits per heavy atom. The molecular formula is C16H12FNO. The van der Waals surface area contributed by atoms with Gasteiger partial charge in [0.25, 0.3) is 0 Å². The average Bonchev–Trinajstić information content (AvgIpc) is 2.40. The highest BCUT2D eigenvalue weighted by Crippen LogP contribution is 2.29. The summed E-state index contributed by atoms with van der Waals surface area (Å²) < 4.78 is 14.5. The summed E-state index contributed by atoms with van der Waals surface area (Å²) >= 11 is 0. The minimum absolute atomic E-state index is 0.226. The summed E-state index contributed by atoms with van der Waals surface area (Å²) in [5.41, 5.74) is 2.73. The third-order valence-corrected chi connectivity index (χ3v) is 3.27. The first-order chi connectivity index (χ1) is 9.16. The molecule has 1 N–H and O–H groups in total. The molecule has 0 aliphatic carbocycles. The Kier molecular flexibility index (Phi) is 2.67. The highest BCUT2D eigenvalue weighted by atomic mass is 19.1. The zero-order chi connectivity index (χ0) is 13.4. The molecule has 3 aromatic rings. The lowest BCUT2D eigenvalue weighted by molar-refractivity contribution is 0.642. The van der Waals surface area contributed by atoms with Gasteiger partial charge in [0.05, 0.1) is 5.52 Å². The van der Waals surface area contributed by atoms with E-state index in [1.807, 2.05) is 31.2 Å². The van der Waals surface area contributed by atoms with Crippen molar-refractivity contribution in [1.29, 1.82) is 0 Å². The van der Waals surface area contributed by atoms with Crippen LogP contribution >= 0.6 is 0 Å². The first-order valence-electron chi connectivity index (χ1n) is 6.04. The SMILES string of the molecule is Cc1ccccc1-c1ccc2[nH]c(=O)ccc2c1F. The van der Waals surface area contributed by atoms with Crippen LogP contribution in [0.4, 0.5) is 4.39 Å². The van der Waals surface area contributed by atoms with Gasteiger partial charge in [-0.25, -0.2) is 4.39 Å². The summed E-state index contributed by atoms with van der Waals surface area (Å²) in [5, 5.41) is 0.431. The van der Waals surface area contributed by atoms with Crippen LogP contribution in [0.15, 0.2) is 53.3 Å². The fourth-order valence-corrected chi connectivity index (χ4v) is 2.28. The molecule has 0 spiro atoms. The van der Waals surface area contributed by atoms with Gasteiger partial charge in [-0.3, -0.25) is 4.79 Å². The van der Waals surface area contributed by atoms with Gasteiger partial charge in [0, 0.05) is 17.0 Å². The second-order valence-corrected chi connectivity index (χ2v) is 4.53. The van der Waals surface area contributed by atoms with E-state index in [2.05, 4.69) is 4.98 Å². The molecule has 0 aliphatic rings. The zero-order valence-electron chi connectivity index (χ0n) is 10.4. The highest BCUT2D eigenvalue weighted by molar-refractivity contribution is 5.85. The van der Waals surface area contributed by atoms with Crippen molar-refractivity contribution in [3.05, 3.63) is 70.3 Å². The van der Waals surface area contributed by atoms with Crippen molar-refractivity contribution in [3.8, 4) is 11.1 Å². The molecule has 0 atom stereocenters. The minimum atomic E-state index is -0.303. The molecule has 0 radical (unpaired) electrons. The molecule has 2 nitrogen and oxygen atoms in total. The van der Waals surface area contributed by atoms with E-state index in [1.54, 1.807) is 12.1 Å². The summed E-state index contributed by atoms with van der Waals surface area (Å²) in [6, 6.07) is 14.0. The van der Waals surface area contributed by atoms with Crippen LogP contribution in [0.2, 0.25) is 0 Å². The highest BCUT2D eigenvalue weighted by Gasteiger charge is 2.11. The van der Waals surface area contributed by atoms with Gasteiger partial charge in [-0.05, 0) is 36.2 Å². The number of aryl methyl sites for hydroxylation is 1. The van der Waals surface area contributed by atoms with Gasteiger partial charge in [0.2, 0.25) is 5.56 Å². The molecule has 0 saturated heterocycles. The molecule has 1 heterocycles. The largest absolute Gasteiger partial charge is 0.322 e. The summed E-state index contributed by atoms with van der Waals surface area (Å²) in [7, 11) is 0.